The second-order valence-electron chi connectivity index (χ2n) is 8.48. The van der Waals surface area contributed by atoms with Gasteiger partial charge in [0.25, 0.3) is 0 Å². The first-order valence-electron chi connectivity index (χ1n) is 12.0. The molecule has 0 saturated carbocycles. The molecule has 0 spiro atoms. The van der Waals surface area contributed by atoms with Crippen molar-refractivity contribution in [3.8, 4) is 5.75 Å². The average molecular weight is 469 g/mol. The van der Waals surface area contributed by atoms with E-state index >= 15 is 0 Å². The molecule has 32 heavy (non-hydrogen) atoms. The van der Waals surface area contributed by atoms with Crippen LogP contribution in [0, 0.1) is 5.92 Å². The Labute approximate surface area is 193 Å². The highest BCUT2D eigenvalue weighted by atomic mass is 32.2. The smallest absolute Gasteiger partial charge is 0.324 e. The SMILES string of the molecule is CCCCS(=O)(=O)N[C@@H](Cc1ccc(OCCCCC2CCNCC2)cc1)C(=O)OCC. The van der Waals surface area contributed by atoms with Crippen LogP contribution in [0.3, 0.4) is 0 Å². The normalized spacial score (nSPS) is 15.9. The van der Waals surface area contributed by atoms with Crippen molar-refractivity contribution in [2.45, 2.75) is 71.3 Å². The molecule has 8 heteroatoms. The van der Waals surface area contributed by atoms with Crippen LogP contribution in [0.5, 0.6) is 5.75 Å². The number of carbonyl (C=O) groups excluding carboxylic acids is 1. The van der Waals surface area contributed by atoms with E-state index in [0.29, 0.717) is 13.0 Å². The molecule has 1 aliphatic rings. The summed E-state index contributed by atoms with van der Waals surface area (Å²) in [7, 11) is -3.54. The first-order valence-corrected chi connectivity index (χ1v) is 13.7. The van der Waals surface area contributed by atoms with Crippen LogP contribution in [0.2, 0.25) is 0 Å². The maximum Gasteiger partial charge on any atom is 0.324 e. The Morgan fingerprint density at radius 1 is 1.12 bits per heavy atom. The van der Waals surface area contributed by atoms with Crippen molar-refractivity contribution in [2.24, 2.45) is 5.92 Å². The first kappa shape index (κ1) is 26.6. The summed E-state index contributed by atoms with van der Waals surface area (Å²) in [5.41, 5.74) is 0.847. The van der Waals surface area contributed by atoms with Gasteiger partial charge in [0, 0.05) is 0 Å². The van der Waals surface area contributed by atoms with Gasteiger partial charge in [-0.2, -0.15) is 0 Å². The molecule has 1 fully saturated rings. The third-order valence-electron chi connectivity index (χ3n) is 5.76. The van der Waals surface area contributed by atoms with E-state index in [2.05, 4.69) is 10.0 Å². The topological polar surface area (TPSA) is 93.7 Å². The molecule has 7 nitrogen and oxygen atoms in total. The minimum absolute atomic E-state index is 0.00379. The van der Waals surface area contributed by atoms with Crippen LogP contribution in [-0.2, 0) is 26.0 Å². The van der Waals surface area contributed by atoms with Gasteiger partial charge in [0.15, 0.2) is 0 Å². The lowest BCUT2D eigenvalue weighted by atomic mass is 9.93. The lowest BCUT2D eigenvalue weighted by Gasteiger charge is -2.22. The van der Waals surface area contributed by atoms with Gasteiger partial charge in [0.2, 0.25) is 10.0 Å². The van der Waals surface area contributed by atoms with E-state index in [1.54, 1.807) is 6.92 Å². The predicted molar refractivity (Wildman–Crippen MR) is 127 cm³/mol. The lowest BCUT2D eigenvalue weighted by Crippen LogP contribution is -2.44. The summed E-state index contributed by atoms with van der Waals surface area (Å²) in [6.07, 6.45) is 7.61. The molecule has 1 atom stereocenters. The molecular formula is C24H40N2O5S. The Morgan fingerprint density at radius 3 is 2.50 bits per heavy atom. The van der Waals surface area contributed by atoms with Crippen LogP contribution in [0.1, 0.15) is 64.4 Å². The number of unbranched alkanes of at least 4 members (excludes halogenated alkanes) is 2. The molecule has 0 unspecified atom stereocenters. The summed E-state index contributed by atoms with van der Waals surface area (Å²) in [5.74, 6) is 1.08. The number of esters is 1. The standard InChI is InChI=1S/C24H40N2O5S/c1-3-5-18-32(28,29)26-23(24(27)30-4-2)19-21-9-11-22(12-10-21)31-17-7-6-8-20-13-15-25-16-14-20/h9-12,20,23,25-26H,3-8,13-19H2,1-2H3/t23-/m0/s1. The lowest BCUT2D eigenvalue weighted by molar-refractivity contribution is -0.145. The van der Waals surface area contributed by atoms with Crippen LogP contribution in [0.25, 0.3) is 0 Å². The molecule has 2 rings (SSSR count). The summed E-state index contributed by atoms with van der Waals surface area (Å²) < 4.78 is 38.0. The fraction of sp³-hybridized carbons (Fsp3) is 0.708. The molecule has 0 aromatic heterocycles. The summed E-state index contributed by atoms with van der Waals surface area (Å²) in [6.45, 7) is 6.81. The van der Waals surface area contributed by atoms with Gasteiger partial charge in [-0.05, 0) is 82.2 Å². The molecule has 182 valence electrons. The fourth-order valence-corrected chi connectivity index (χ4v) is 5.28. The van der Waals surface area contributed by atoms with Crippen molar-refractivity contribution in [1.29, 1.82) is 0 Å². The number of piperidine rings is 1. The van der Waals surface area contributed by atoms with E-state index in [-0.39, 0.29) is 18.8 Å². The average Bonchev–Trinajstić information content (AvgIpc) is 2.79. The van der Waals surface area contributed by atoms with Crippen LogP contribution in [0.15, 0.2) is 24.3 Å². The van der Waals surface area contributed by atoms with Crippen LogP contribution in [-0.4, -0.2) is 52.5 Å². The minimum Gasteiger partial charge on any atom is -0.494 e. The van der Waals surface area contributed by atoms with Crippen LogP contribution in [0.4, 0.5) is 0 Å². The van der Waals surface area contributed by atoms with E-state index in [1.807, 2.05) is 31.2 Å². The predicted octanol–water partition coefficient (Wildman–Crippen LogP) is 3.43. The molecule has 0 bridgehead atoms. The van der Waals surface area contributed by atoms with Crippen molar-refractivity contribution in [3.63, 3.8) is 0 Å². The van der Waals surface area contributed by atoms with Crippen molar-refractivity contribution in [2.75, 3.05) is 32.1 Å². The Hall–Kier alpha value is -1.64. The number of carbonyl (C=O) groups is 1. The van der Waals surface area contributed by atoms with Gasteiger partial charge in [-0.3, -0.25) is 4.79 Å². The van der Waals surface area contributed by atoms with E-state index in [1.165, 1.54) is 25.7 Å². The van der Waals surface area contributed by atoms with E-state index < -0.39 is 22.0 Å². The van der Waals surface area contributed by atoms with Gasteiger partial charge in [0.05, 0.1) is 19.0 Å². The minimum atomic E-state index is -3.54. The second-order valence-corrected chi connectivity index (χ2v) is 10.4. The van der Waals surface area contributed by atoms with Crippen molar-refractivity contribution >= 4 is 16.0 Å². The molecule has 1 heterocycles. The van der Waals surface area contributed by atoms with Crippen LogP contribution >= 0.6 is 0 Å². The molecule has 1 aromatic carbocycles. The zero-order valence-electron chi connectivity index (χ0n) is 19.6. The van der Waals surface area contributed by atoms with Gasteiger partial charge in [0.1, 0.15) is 11.8 Å². The zero-order chi connectivity index (χ0) is 23.2. The monoisotopic (exact) mass is 468 g/mol. The summed E-state index contributed by atoms with van der Waals surface area (Å²) >= 11 is 0. The Kier molecular flexibility index (Phi) is 12.1. The van der Waals surface area contributed by atoms with E-state index in [9.17, 15) is 13.2 Å². The summed E-state index contributed by atoms with van der Waals surface area (Å²) in [6, 6.07) is 6.55. The summed E-state index contributed by atoms with van der Waals surface area (Å²) in [5, 5.41) is 3.40. The van der Waals surface area contributed by atoms with E-state index in [0.717, 1.165) is 43.2 Å². The van der Waals surface area contributed by atoms with E-state index in [4.69, 9.17) is 9.47 Å². The first-order chi connectivity index (χ1) is 15.4. The molecule has 1 saturated heterocycles. The second kappa shape index (κ2) is 14.5. The number of ether oxygens (including phenoxy) is 2. The molecule has 1 aromatic rings. The van der Waals surface area contributed by atoms with Crippen molar-refractivity contribution < 1.29 is 22.7 Å². The maximum absolute atomic E-state index is 12.3. The fourth-order valence-electron chi connectivity index (χ4n) is 3.88. The highest BCUT2D eigenvalue weighted by Crippen LogP contribution is 2.19. The van der Waals surface area contributed by atoms with Gasteiger partial charge >= 0.3 is 5.97 Å². The highest BCUT2D eigenvalue weighted by Gasteiger charge is 2.25. The van der Waals surface area contributed by atoms with Gasteiger partial charge in [-0.15, -0.1) is 0 Å². The third kappa shape index (κ3) is 10.3. The van der Waals surface area contributed by atoms with Crippen molar-refractivity contribution in [1.82, 2.24) is 10.0 Å². The third-order valence-corrected chi connectivity index (χ3v) is 7.23. The number of sulfonamides is 1. The van der Waals surface area contributed by atoms with Crippen LogP contribution < -0.4 is 14.8 Å². The number of nitrogens with one attached hydrogen (secondary N) is 2. The van der Waals surface area contributed by atoms with Gasteiger partial charge in [-0.1, -0.05) is 31.9 Å². The Bertz CT molecular complexity index is 761. The number of hydrogen-bond acceptors (Lipinski definition) is 6. The summed E-state index contributed by atoms with van der Waals surface area (Å²) in [4.78, 5) is 12.3. The molecule has 0 aliphatic carbocycles. The van der Waals surface area contributed by atoms with Gasteiger partial charge < -0.3 is 14.8 Å². The largest absolute Gasteiger partial charge is 0.494 e. The molecular weight excluding hydrogens is 428 g/mol. The molecule has 2 N–H and O–H groups in total. The number of hydrogen-bond donors (Lipinski definition) is 2. The quantitative estimate of drug-likeness (QED) is 0.303. The van der Waals surface area contributed by atoms with Gasteiger partial charge in [-0.25, -0.2) is 13.1 Å². The Balaban J connectivity index is 1.80. The van der Waals surface area contributed by atoms with Crippen molar-refractivity contribution in [3.05, 3.63) is 29.8 Å². The zero-order valence-corrected chi connectivity index (χ0v) is 20.4. The number of benzene rings is 1. The molecule has 1 aliphatic heterocycles. The molecule has 0 radical (unpaired) electrons. The molecule has 0 amide bonds. The highest BCUT2D eigenvalue weighted by molar-refractivity contribution is 7.89. The Morgan fingerprint density at radius 2 is 1.84 bits per heavy atom. The number of rotatable bonds is 15. The maximum atomic E-state index is 12.3.